The maximum Gasteiger partial charge on any atom is 0.417 e. The SMILES string of the molecule is CCCCOC(=O)C(=O)OCCCC(C)C. The van der Waals surface area contributed by atoms with Crippen molar-refractivity contribution in [3.05, 3.63) is 0 Å². The number of esters is 2. The highest BCUT2D eigenvalue weighted by atomic mass is 16.6. The zero-order valence-corrected chi connectivity index (χ0v) is 10.5. The van der Waals surface area contributed by atoms with Crippen molar-refractivity contribution in [2.75, 3.05) is 13.2 Å². The van der Waals surface area contributed by atoms with Gasteiger partial charge in [-0.15, -0.1) is 0 Å². The van der Waals surface area contributed by atoms with Crippen LogP contribution in [-0.4, -0.2) is 25.2 Å². The van der Waals surface area contributed by atoms with Crippen LogP contribution in [0.2, 0.25) is 0 Å². The van der Waals surface area contributed by atoms with E-state index < -0.39 is 11.9 Å². The van der Waals surface area contributed by atoms with Crippen molar-refractivity contribution in [3.8, 4) is 0 Å². The summed E-state index contributed by atoms with van der Waals surface area (Å²) in [6, 6.07) is 0. The Morgan fingerprint density at radius 2 is 1.50 bits per heavy atom. The molecule has 0 unspecified atom stereocenters. The Balaban J connectivity index is 3.52. The van der Waals surface area contributed by atoms with Crippen LogP contribution in [0.4, 0.5) is 0 Å². The Hall–Kier alpha value is -1.06. The highest BCUT2D eigenvalue weighted by molar-refractivity contribution is 6.29. The van der Waals surface area contributed by atoms with E-state index in [-0.39, 0.29) is 6.61 Å². The quantitative estimate of drug-likeness (QED) is 0.382. The van der Waals surface area contributed by atoms with E-state index in [0.717, 1.165) is 25.7 Å². The lowest BCUT2D eigenvalue weighted by atomic mass is 10.1. The summed E-state index contributed by atoms with van der Waals surface area (Å²) in [6.07, 6.45) is 3.47. The molecule has 4 nitrogen and oxygen atoms in total. The summed E-state index contributed by atoms with van der Waals surface area (Å²) in [5, 5.41) is 0. The van der Waals surface area contributed by atoms with Crippen molar-refractivity contribution in [3.63, 3.8) is 0 Å². The fraction of sp³-hybridized carbons (Fsp3) is 0.833. The topological polar surface area (TPSA) is 52.6 Å². The standard InChI is InChI=1S/C12H22O4/c1-4-5-8-15-11(13)12(14)16-9-6-7-10(2)3/h10H,4-9H2,1-3H3. The molecule has 0 saturated heterocycles. The molecule has 0 saturated carbocycles. The summed E-state index contributed by atoms with van der Waals surface area (Å²) < 4.78 is 9.48. The lowest BCUT2D eigenvalue weighted by molar-refractivity contribution is -0.167. The monoisotopic (exact) mass is 230 g/mol. The van der Waals surface area contributed by atoms with E-state index in [0.29, 0.717) is 12.5 Å². The number of carbonyl (C=O) groups is 2. The second-order valence-corrected chi connectivity index (χ2v) is 4.16. The van der Waals surface area contributed by atoms with Crippen molar-refractivity contribution in [2.24, 2.45) is 5.92 Å². The van der Waals surface area contributed by atoms with Crippen molar-refractivity contribution in [2.45, 2.75) is 46.5 Å². The summed E-state index contributed by atoms with van der Waals surface area (Å²) in [7, 11) is 0. The van der Waals surface area contributed by atoms with Gasteiger partial charge in [0, 0.05) is 0 Å². The third-order valence-electron chi connectivity index (χ3n) is 2.06. The van der Waals surface area contributed by atoms with E-state index in [2.05, 4.69) is 13.8 Å². The molecule has 0 spiro atoms. The van der Waals surface area contributed by atoms with Crippen LogP contribution in [0.1, 0.15) is 46.5 Å². The first-order chi connectivity index (χ1) is 7.57. The predicted octanol–water partition coefficient (Wildman–Crippen LogP) is 2.31. The second-order valence-electron chi connectivity index (χ2n) is 4.16. The highest BCUT2D eigenvalue weighted by Gasteiger charge is 2.16. The molecule has 0 bridgehead atoms. The van der Waals surface area contributed by atoms with Crippen LogP contribution in [-0.2, 0) is 19.1 Å². The maximum absolute atomic E-state index is 11.1. The molecule has 4 heteroatoms. The zero-order chi connectivity index (χ0) is 12.4. The van der Waals surface area contributed by atoms with Gasteiger partial charge in [-0.3, -0.25) is 0 Å². The Kier molecular flexibility index (Phi) is 8.58. The number of rotatable bonds is 7. The first-order valence-electron chi connectivity index (χ1n) is 5.91. The number of carbonyl (C=O) groups excluding carboxylic acids is 2. The van der Waals surface area contributed by atoms with E-state index in [4.69, 9.17) is 9.47 Å². The molecule has 0 aliphatic carbocycles. The molecule has 0 N–H and O–H groups in total. The summed E-state index contributed by atoms with van der Waals surface area (Å²) in [5.41, 5.74) is 0. The molecular weight excluding hydrogens is 208 g/mol. The van der Waals surface area contributed by atoms with Gasteiger partial charge < -0.3 is 9.47 Å². The molecule has 0 aromatic carbocycles. The molecule has 0 atom stereocenters. The lowest BCUT2D eigenvalue weighted by Crippen LogP contribution is -2.21. The van der Waals surface area contributed by atoms with Gasteiger partial charge in [0.25, 0.3) is 0 Å². The van der Waals surface area contributed by atoms with Crippen LogP contribution in [0, 0.1) is 5.92 Å². The number of unbranched alkanes of at least 4 members (excludes halogenated alkanes) is 1. The zero-order valence-electron chi connectivity index (χ0n) is 10.5. The van der Waals surface area contributed by atoms with E-state index in [1.165, 1.54) is 0 Å². The smallest absolute Gasteiger partial charge is 0.417 e. The van der Waals surface area contributed by atoms with E-state index in [1.54, 1.807) is 0 Å². The molecule has 16 heavy (non-hydrogen) atoms. The van der Waals surface area contributed by atoms with Gasteiger partial charge in [-0.05, 0) is 25.2 Å². The summed E-state index contributed by atoms with van der Waals surface area (Å²) >= 11 is 0. The van der Waals surface area contributed by atoms with Crippen LogP contribution in [0.3, 0.4) is 0 Å². The van der Waals surface area contributed by atoms with Crippen LogP contribution in [0.5, 0.6) is 0 Å². The van der Waals surface area contributed by atoms with Gasteiger partial charge in [-0.1, -0.05) is 27.2 Å². The third-order valence-corrected chi connectivity index (χ3v) is 2.06. The Labute approximate surface area is 97.3 Å². The largest absolute Gasteiger partial charge is 0.457 e. The number of ether oxygens (including phenoxy) is 2. The Bertz CT molecular complexity index is 211. The average molecular weight is 230 g/mol. The minimum atomic E-state index is -0.877. The van der Waals surface area contributed by atoms with Crippen LogP contribution < -0.4 is 0 Å². The normalized spacial score (nSPS) is 10.2. The number of hydrogen-bond donors (Lipinski definition) is 0. The molecule has 0 aliphatic rings. The van der Waals surface area contributed by atoms with Crippen molar-refractivity contribution < 1.29 is 19.1 Å². The van der Waals surface area contributed by atoms with Gasteiger partial charge >= 0.3 is 11.9 Å². The van der Waals surface area contributed by atoms with Crippen molar-refractivity contribution in [1.82, 2.24) is 0 Å². The van der Waals surface area contributed by atoms with Crippen LogP contribution >= 0.6 is 0 Å². The summed E-state index contributed by atoms with van der Waals surface area (Å²) in [6.45, 7) is 6.76. The maximum atomic E-state index is 11.1. The molecule has 94 valence electrons. The van der Waals surface area contributed by atoms with E-state index >= 15 is 0 Å². The third kappa shape index (κ3) is 8.26. The van der Waals surface area contributed by atoms with Gasteiger partial charge in [0.2, 0.25) is 0 Å². The molecule has 0 aromatic heterocycles. The van der Waals surface area contributed by atoms with E-state index in [9.17, 15) is 9.59 Å². The second kappa shape index (κ2) is 9.19. The molecule has 0 aliphatic heterocycles. The molecule has 0 radical (unpaired) electrons. The number of hydrogen-bond acceptors (Lipinski definition) is 4. The van der Waals surface area contributed by atoms with Gasteiger partial charge in [0.15, 0.2) is 0 Å². The Morgan fingerprint density at radius 3 is 1.94 bits per heavy atom. The molecular formula is C12H22O4. The fourth-order valence-electron chi connectivity index (χ4n) is 1.08. The van der Waals surface area contributed by atoms with Crippen LogP contribution in [0.15, 0.2) is 0 Å². The lowest BCUT2D eigenvalue weighted by Gasteiger charge is -2.06. The predicted molar refractivity (Wildman–Crippen MR) is 60.9 cm³/mol. The molecule has 0 aromatic rings. The van der Waals surface area contributed by atoms with Gasteiger partial charge in [0.05, 0.1) is 13.2 Å². The summed E-state index contributed by atoms with van der Waals surface area (Å²) in [4.78, 5) is 22.1. The van der Waals surface area contributed by atoms with Crippen LogP contribution in [0.25, 0.3) is 0 Å². The van der Waals surface area contributed by atoms with Gasteiger partial charge in [-0.2, -0.15) is 0 Å². The average Bonchev–Trinajstić information content (AvgIpc) is 2.24. The minimum Gasteiger partial charge on any atom is -0.457 e. The van der Waals surface area contributed by atoms with Gasteiger partial charge in [-0.25, -0.2) is 9.59 Å². The first-order valence-corrected chi connectivity index (χ1v) is 5.91. The van der Waals surface area contributed by atoms with Crippen molar-refractivity contribution >= 4 is 11.9 Å². The minimum absolute atomic E-state index is 0.288. The molecule has 0 heterocycles. The molecule has 0 amide bonds. The van der Waals surface area contributed by atoms with Crippen molar-refractivity contribution in [1.29, 1.82) is 0 Å². The summed E-state index contributed by atoms with van der Waals surface area (Å²) in [5.74, 6) is -1.17. The first kappa shape index (κ1) is 14.9. The Morgan fingerprint density at radius 1 is 1.00 bits per heavy atom. The fourth-order valence-corrected chi connectivity index (χ4v) is 1.08. The molecule has 0 fully saturated rings. The highest BCUT2D eigenvalue weighted by Crippen LogP contribution is 2.03. The van der Waals surface area contributed by atoms with E-state index in [1.807, 2.05) is 6.92 Å². The molecule has 0 rings (SSSR count). The van der Waals surface area contributed by atoms with Gasteiger partial charge in [0.1, 0.15) is 0 Å².